The van der Waals surface area contributed by atoms with Crippen LogP contribution in [0.5, 0.6) is 0 Å². The van der Waals surface area contributed by atoms with Crippen LogP contribution >= 0.6 is 11.6 Å². The average Bonchev–Trinajstić information content (AvgIpc) is 3.82. The third-order valence-electron chi connectivity index (χ3n) is 16.9. The SMILES string of the molecule is CCn1c(-c2cccnc2[C@H](C)OC)c2c3cc(ccc31)N1CCO[C@@H](C[C@H](NC(=O)[C@H](C3CCCC3)N(C)C(=O)CC3(C)CCN3C(=O)n3nc(Cl)nc3C3CC3)C(=O)N3CCC[C@H](N3)C(=O)OCC(C)(C)C2)C1. The van der Waals surface area contributed by atoms with E-state index in [-0.39, 0.29) is 54.6 Å². The second kappa shape index (κ2) is 21.4. The molecule has 3 saturated heterocycles. The Kier molecular flexibility index (Phi) is 15.1. The van der Waals surface area contributed by atoms with Crippen molar-refractivity contribution in [2.24, 2.45) is 11.3 Å². The number of anilines is 1. The van der Waals surface area contributed by atoms with Gasteiger partial charge >= 0.3 is 12.0 Å². The molecule has 4 aliphatic heterocycles. The zero-order chi connectivity index (χ0) is 52.9. The number of aromatic nitrogens is 5. The van der Waals surface area contributed by atoms with E-state index in [1.807, 2.05) is 19.9 Å². The Balaban J connectivity index is 0.949. The molecule has 3 aromatic heterocycles. The highest BCUT2D eigenvalue weighted by atomic mass is 35.5. The maximum absolute atomic E-state index is 15.1. The number of methoxy groups -OCH3 is 1. The second-order valence-corrected chi connectivity index (χ2v) is 23.2. The van der Waals surface area contributed by atoms with Gasteiger partial charge in [0.2, 0.25) is 17.1 Å². The molecule has 0 spiro atoms. The van der Waals surface area contributed by atoms with Gasteiger partial charge in [-0.15, -0.1) is 5.10 Å². The van der Waals surface area contributed by atoms with Gasteiger partial charge in [-0.05, 0) is 126 Å². The maximum Gasteiger partial charge on any atom is 0.346 e. The fourth-order valence-electron chi connectivity index (χ4n) is 12.4. The summed E-state index contributed by atoms with van der Waals surface area (Å²) in [6.07, 6.45) is 8.52. The summed E-state index contributed by atoms with van der Waals surface area (Å²) in [5, 5.41) is 9.95. The molecule has 6 atom stereocenters. The molecule has 5 fully saturated rings. The number of likely N-dealkylation sites (tertiary alicyclic amines) is 1. The van der Waals surface area contributed by atoms with E-state index in [0.717, 1.165) is 77.6 Å². The van der Waals surface area contributed by atoms with Gasteiger partial charge in [-0.2, -0.15) is 4.68 Å². The van der Waals surface area contributed by atoms with Crippen LogP contribution in [-0.2, 0) is 46.4 Å². The summed E-state index contributed by atoms with van der Waals surface area (Å²) in [5.41, 5.74) is 7.95. The van der Waals surface area contributed by atoms with Crippen LogP contribution in [0.25, 0.3) is 22.2 Å². The van der Waals surface area contributed by atoms with Crippen molar-refractivity contribution in [1.82, 2.24) is 49.9 Å². The van der Waals surface area contributed by atoms with Crippen molar-refractivity contribution in [3.8, 4) is 11.3 Å². The number of hydrazine groups is 1. The number of morpholine rings is 1. The normalized spacial score (nSPS) is 25.3. The van der Waals surface area contributed by atoms with Gasteiger partial charge in [0.05, 0.1) is 42.3 Å². The number of ether oxygens (including phenoxy) is 3. The molecule has 404 valence electrons. The molecule has 0 radical (unpaired) electrons. The number of pyridine rings is 1. The lowest BCUT2D eigenvalue weighted by atomic mass is 9.83. The number of nitrogens with zero attached hydrogens (tertiary/aromatic N) is 9. The first-order valence-electron chi connectivity index (χ1n) is 27.2. The van der Waals surface area contributed by atoms with Crippen LogP contribution in [0.4, 0.5) is 10.5 Å². The van der Waals surface area contributed by atoms with E-state index in [0.29, 0.717) is 70.8 Å². The number of hydrogen-bond donors (Lipinski definition) is 2. The minimum absolute atomic E-state index is 0.0112. The smallest absolute Gasteiger partial charge is 0.346 e. The van der Waals surface area contributed by atoms with Gasteiger partial charge in [0.15, 0.2) is 0 Å². The lowest BCUT2D eigenvalue weighted by Crippen LogP contribution is -2.64. The van der Waals surface area contributed by atoms with Crippen LogP contribution < -0.4 is 15.6 Å². The Morgan fingerprint density at radius 2 is 1.83 bits per heavy atom. The van der Waals surface area contributed by atoms with Crippen LogP contribution in [0.1, 0.15) is 134 Å². The fraction of sp³-hybridized carbons (Fsp3) is 0.636. The average molecular weight is 1050 g/mol. The Hall–Kier alpha value is -5.63. The van der Waals surface area contributed by atoms with Crippen LogP contribution in [-0.4, -0.2) is 152 Å². The number of esters is 1. The fourth-order valence-corrected chi connectivity index (χ4v) is 12.5. The quantitative estimate of drug-likeness (QED) is 0.149. The van der Waals surface area contributed by atoms with E-state index >= 15 is 9.59 Å². The van der Waals surface area contributed by atoms with Crippen molar-refractivity contribution in [2.75, 3.05) is 58.5 Å². The molecule has 1 aromatic carbocycles. The number of carbonyl (C=O) groups excluding carboxylic acids is 5. The molecule has 6 aliphatic rings. The summed E-state index contributed by atoms with van der Waals surface area (Å²) < 4.78 is 22.1. The first kappa shape index (κ1) is 52.8. The number of benzene rings is 1. The number of likely N-dealkylation sites (N-methyl/N-ethyl adjacent to an activating group) is 1. The molecular weight excluding hydrogens is 978 g/mol. The summed E-state index contributed by atoms with van der Waals surface area (Å²) in [4.78, 5) is 87.3. The Morgan fingerprint density at radius 1 is 1.04 bits per heavy atom. The Labute approximate surface area is 444 Å². The summed E-state index contributed by atoms with van der Waals surface area (Å²) >= 11 is 6.19. The monoisotopic (exact) mass is 1050 g/mol. The molecule has 2 N–H and O–H groups in total. The van der Waals surface area contributed by atoms with Crippen molar-refractivity contribution in [3.05, 3.63) is 58.9 Å². The first-order valence-corrected chi connectivity index (χ1v) is 27.6. The number of cyclic esters (lactones) is 1. The molecule has 1 unspecified atom stereocenters. The number of carbonyl (C=O) groups is 5. The molecule has 75 heavy (non-hydrogen) atoms. The van der Waals surface area contributed by atoms with Crippen LogP contribution in [0.2, 0.25) is 5.28 Å². The highest BCUT2D eigenvalue weighted by Crippen LogP contribution is 2.44. The first-order chi connectivity index (χ1) is 36.0. The summed E-state index contributed by atoms with van der Waals surface area (Å²) in [6.45, 7) is 13.3. The Bertz CT molecular complexity index is 2820. The van der Waals surface area contributed by atoms with E-state index < -0.39 is 53.0 Å². The molecule has 4 amide bonds. The second-order valence-electron chi connectivity index (χ2n) is 22.9. The molecule has 10 rings (SSSR count). The van der Waals surface area contributed by atoms with Gasteiger partial charge in [0.1, 0.15) is 23.9 Å². The summed E-state index contributed by atoms with van der Waals surface area (Å²) in [5.74, 6) is -1.03. The van der Waals surface area contributed by atoms with Gasteiger partial charge in [-0.25, -0.2) is 15.2 Å². The zero-order valence-corrected chi connectivity index (χ0v) is 45.4. The highest BCUT2D eigenvalue weighted by Gasteiger charge is 2.49. The molecule has 6 bridgehead atoms. The van der Waals surface area contributed by atoms with Crippen molar-refractivity contribution in [2.45, 2.75) is 160 Å². The van der Waals surface area contributed by atoms with Crippen LogP contribution in [0.3, 0.4) is 0 Å². The minimum atomic E-state index is -1.07. The van der Waals surface area contributed by atoms with Crippen LogP contribution in [0.15, 0.2) is 36.5 Å². The van der Waals surface area contributed by atoms with E-state index in [9.17, 15) is 14.4 Å². The zero-order valence-electron chi connectivity index (χ0n) is 44.6. The molecule has 20 heteroatoms. The predicted molar refractivity (Wildman–Crippen MR) is 282 cm³/mol. The largest absolute Gasteiger partial charge is 0.464 e. The van der Waals surface area contributed by atoms with Crippen LogP contribution in [0, 0.1) is 11.3 Å². The summed E-state index contributed by atoms with van der Waals surface area (Å²) in [6, 6.07) is 7.54. The summed E-state index contributed by atoms with van der Waals surface area (Å²) in [7, 11) is 3.36. The van der Waals surface area contributed by atoms with Gasteiger partial charge in [-0.3, -0.25) is 29.2 Å². The molecule has 2 aliphatic carbocycles. The topological polar surface area (TPSA) is 199 Å². The van der Waals surface area contributed by atoms with Gasteiger partial charge in [0, 0.05) is 99.4 Å². The van der Waals surface area contributed by atoms with Crippen molar-refractivity contribution in [3.63, 3.8) is 0 Å². The van der Waals surface area contributed by atoms with Gasteiger partial charge in [0.25, 0.3) is 5.91 Å². The third-order valence-corrected chi connectivity index (χ3v) is 17.0. The molecule has 2 saturated carbocycles. The van der Waals surface area contributed by atoms with E-state index in [4.69, 9.17) is 30.8 Å². The van der Waals surface area contributed by atoms with Crippen molar-refractivity contribution < 1.29 is 38.2 Å². The van der Waals surface area contributed by atoms with Gasteiger partial charge in [-0.1, -0.05) is 26.7 Å². The highest BCUT2D eigenvalue weighted by molar-refractivity contribution is 6.28. The number of fused-ring (bicyclic) bond motifs is 6. The molecule has 19 nitrogen and oxygen atoms in total. The number of amides is 4. The number of aryl methyl sites for hydroxylation is 1. The maximum atomic E-state index is 15.1. The molecular formula is C55H74ClN11O8. The minimum Gasteiger partial charge on any atom is -0.464 e. The van der Waals surface area contributed by atoms with Crippen molar-refractivity contribution in [1.29, 1.82) is 0 Å². The van der Waals surface area contributed by atoms with Crippen molar-refractivity contribution >= 4 is 57.9 Å². The van der Waals surface area contributed by atoms with E-state index in [1.54, 1.807) is 25.3 Å². The van der Waals surface area contributed by atoms with E-state index in [2.05, 4.69) is 75.3 Å². The van der Waals surface area contributed by atoms with Gasteiger partial charge < -0.3 is 38.8 Å². The third kappa shape index (κ3) is 10.6. The lowest BCUT2D eigenvalue weighted by molar-refractivity contribution is -0.156. The lowest BCUT2D eigenvalue weighted by Gasteiger charge is -2.50. The number of nitrogens with one attached hydrogen (secondary N) is 2. The molecule has 7 heterocycles. The number of rotatable bonds is 11. The Morgan fingerprint density at radius 3 is 2.55 bits per heavy atom. The standard InChI is InChI=1S/C55H74ClN11O8/c1-8-64-43-20-19-36-27-39(43)40(47(64)38-15-11-22-57-45(38)33(2)73-7)29-54(3,4)32-75-51(71)41-16-12-23-66(60-41)50(70)42(28-37-31-63(36)25-26-74-37)58-49(69)46(34-13-9-10-14-34)62(6)44(68)30-55(5)21-24-65(55)53(72)67-48(35-17-18-35)59-52(56)61-67/h11,15,19-20,22,27,33-35,37,41-42,46,60H,8-10,12-14,16-18,21,23-26,28-32H2,1-7H3,(H,58,69)/t33-,37-,41-,42-,46-,55?/m0/s1. The number of halogens is 1. The van der Waals surface area contributed by atoms with E-state index in [1.165, 1.54) is 14.6 Å². The number of hydrogen-bond acceptors (Lipinski definition) is 13. The molecule has 4 aromatic rings. The predicted octanol–water partition coefficient (Wildman–Crippen LogP) is 6.79.